The van der Waals surface area contributed by atoms with Crippen molar-refractivity contribution in [1.82, 2.24) is 4.90 Å². The number of carbonyl (C=O) groups is 1. The van der Waals surface area contributed by atoms with E-state index in [1.54, 1.807) is 25.2 Å². The maximum absolute atomic E-state index is 12.7. The molecule has 0 N–H and O–H groups in total. The quantitative estimate of drug-likeness (QED) is 0.451. The second-order valence-corrected chi connectivity index (χ2v) is 6.46. The van der Waals surface area contributed by atoms with Crippen molar-refractivity contribution in [2.45, 2.75) is 19.8 Å². The van der Waals surface area contributed by atoms with Crippen LogP contribution in [0.1, 0.15) is 11.1 Å². The Morgan fingerprint density at radius 3 is 2.45 bits per heavy atom. The van der Waals surface area contributed by atoms with Gasteiger partial charge in [-0.25, -0.2) is 0 Å². The number of alkyl halides is 4. The van der Waals surface area contributed by atoms with Crippen molar-refractivity contribution in [1.29, 1.82) is 0 Å². The number of hydrogen-bond acceptors (Lipinski definition) is 5. The van der Waals surface area contributed by atoms with Crippen molar-refractivity contribution < 1.29 is 41.3 Å². The summed E-state index contributed by atoms with van der Waals surface area (Å²) in [7, 11) is 1.57. The molecule has 0 unspecified atom stereocenters. The van der Waals surface area contributed by atoms with E-state index < -0.39 is 24.9 Å². The lowest BCUT2D eigenvalue weighted by Gasteiger charge is -2.20. The zero-order valence-corrected chi connectivity index (χ0v) is 16.4. The summed E-state index contributed by atoms with van der Waals surface area (Å²) in [5, 5.41) is 0. The minimum atomic E-state index is -3.18. The number of ether oxygens (including phenoxy) is 4. The molecule has 10 heteroatoms. The van der Waals surface area contributed by atoms with Crippen LogP contribution in [0.5, 0.6) is 23.0 Å². The Balaban J connectivity index is 1.69. The lowest BCUT2D eigenvalue weighted by molar-refractivity contribution is -0.125. The van der Waals surface area contributed by atoms with E-state index >= 15 is 0 Å². The second kappa shape index (κ2) is 10.1. The molecule has 0 saturated carbocycles. The highest BCUT2D eigenvalue weighted by Crippen LogP contribution is 2.31. The van der Waals surface area contributed by atoms with Gasteiger partial charge in [0.25, 0.3) is 0 Å². The van der Waals surface area contributed by atoms with Crippen molar-refractivity contribution in [3.8, 4) is 23.0 Å². The average molecular weight is 441 g/mol. The molecule has 0 spiro atoms. The van der Waals surface area contributed by atoms with Crippen LogP contribution in [0.3, 0.4) is 0 Å². The number of hydrogen-bond donors (Lipinski definition) is 0. The number of nitrogens with zero attached hydrogens (tertiary/aromatic N) is 1. The van der Waals surface area contributed by atoms with Crippen LogP contribution in [0.15, 0.2) is 42.5 Å². The number of carbonyl (C=O) groups excluding carboxylic acids is 1. The predicted molar refractivity (Wildman–Crippen MR) is 103 cm³/mol. The molecule has 2 aromatic carbocycles. The SMILES string of the molecule is CN(Cc1ccc2c(c1)OCCO2)C(=O)/C=C/c1ccc(OC(F)F)cc1OC(F)F. The molecule has 2 aromatic rings. The molecule has 3 rings (SSSR count). The molecule has 0 radical (unpaired) electrons. The summed E-state index contributed by atoms with van der Waals surface area (Å²) in [5.41, 5.74) is 0.909. The number of fused-ring (bicyclic) bond motifs is 1. The highest BCUT2D eigenvalue weighted by Gasteiger charge is 2.15. The molecule has 0 saturated heterocycles. The van der Waals surface area contributed by atoms with Gasteiger partial charge in [-0.1, -0.05) is 6.07 Å². The predicted octanol–water partition coefficient (Wildman–Crippen LogP) is 4.33. The molecule has 1 amide bonds. The first-order chi connectivity index (χ1) is 14.8. The van der Waals surface area contributed by atoms with Crippen LogP contribution < -0.4 is 18.9 Å². The van der Waals surface area contributed by atoms with E-state index in [4.69, 9.17) is 9.47 Å². The molecule has 1 aliphatic rings. The molecule has 1 heterocycles. The van der Waals surface area contributed by atoms with Crippen LogP contribution in [-0.2, 0) is 11.3 Å². The maximum atomic E-state index is 12.7. The average Bonchev–Trinajstić information content (AvgIpc) is 2.72. The zero-order valence-electron chi connectivity index (χ0n) is 16.4. The number of likely N-dealkylation sites (N-methyl/N-ethyl adjacent to an activating group) is 1. The third-order valence-corrected chi connectivity index (χ3v) is 4.23. The molecular weight excluding hydrogens is 422 g/mol. The van der Waals surface area contributed by atoms with Gasteiger partial charge in [0.15, 0.2) is 11.5 Å². The summed E-state index contributed by atoms with van der Waals surface area (Å²) in [6.45, 7) is -5.11. The monoisotopic (exact) mass is 441 g/mol. The zero-order chi connectivity index (χ0) is 22.4. The van der Waals surface area contributed by atoms with E-state index in [1.807, 2.05) is 0 Å². The van der Waals surface area contributed by atoms with E-state index in [0.29, 0.717) is 24.7 Å². The molecular formula is C21H19F4NO5. The van der Waals surface area contributed by atoms with E-state index in [0.717, 1.165) is 17.7 Å². The van der Waals surface area contributed by atoms with E-state index in [9.17, 15) is 22.4 Å². The summed E-state index contributed by atoms with van der Waals surface area (Å²) >= 11 is 0. The minimum absolute atomic E-state index is 0.1000. The van der Waals surface area contributed by atoms with Gasteiger partial charge in [-0.3, -0.25) is 4.79 Å². The van der Waals surface area contributed by atoms with Gasteiger partial charge in [-0.2, -0.15) is 17.6 Å². The summed E-state index contributed by atoms with van der Waals surface area (Å²) < 4.78 is 69.5. The Morgan fingerprint density at radius 2 is 1.74 bits per heavy atom. The standard InChI is InChI=1S/C21H19F4NO5/c1-26(12-13-2-6-16-18(10-13)29-9-8-28-16)19(27)7-4-14-3-5-15(30-20(22)23)11-17(14)31-21(24)25/h2-7,10-11,20-21H,8-9,12H2,1H3/b7-4+. The molecule has 6 nitrogen and oxygen atoms in total. The Morgan fingerprint density at radius 1 is 1.03 bits per heavy atom. The van der Waals surface area contributed by atoms with Crippen molar-refractivity contribution in [2.75, 3.05) is 20.3 Å². The van der Waals surface area contributed by atoms with Crippen molar-refractivity contribution in [2.24, 2.45) is 0 Å². The third kappa shape index (κ3) is 6.27. The summed E-state index contributed by atoms with van der Waals surface area (Å²) in [5.74, 6) is 0.0806. The highest BCUT2D eigenvalue weighted by atomic mass is 19.3. The van der Waals surface area contributed by atoms with E-state index in [2.05, 4.69) is 9.47 Å². The molecule has 31 heavy (non-hydrogen) atoms. The summed E-state index contributed by atoms with van der Waals surface area (Å²) in [4.78, 5) is 13.8. The number of benzene rings is 2. The van der Waals surface area contributed by atoms with Crippen molar-refractivity contribution >= 4 is 12.0 Å². The Bertz CT molecular complexity index is 951. The second-order valence-electron chi connectivity index (χ2n) is 6.46. The molecule has 0 fully saturated rings. The maximum Gasteiger partial charge on any atom is 0.387 e. The van der Waals surface area contributed by atoms with Gasteiger partial charge in [0, 0.05) is 31.3 Å². The van der Waals surface area contributed by atoms with Crippen LogP contribution in [0.25, 0.3) is 6.08 Å². The van der Waals surface area contributed by atoms with Crippen LogP contribution in [0, 0.1) is 0 Å². The van der Waals surface area contributed by atoms with Crippen molar-refractivity contribution in [3.63, 3.8) is 0 Å². The minimum Gasteiger partial charge on any atom is -0.486 e. The fourth-order valence-corrected chi connectivity index (χ4v) is 2.85. The normalized spacial score (nSPS) is 13.0. The first kappa shape index (κ1) is 22.3. The fourth-order valence-electron chi connectivity index (χ4n) is 2.85. The van der Waals surface area contributed by atoms with Gasteiger partial charge in [-0.05, 0) is 35.9 Å². The lowest BCUT2D eigenvalue weighted by atomic mass is 10.1. The number of halogens is 4. The summed E-state index contributed by atoms with van der Waals surface area (Å²) in [6, 6.07) is 8.64. The fraction of sp³-hybridized carbons (Fsp3) is 0.286. The largest absolute Gasteiger partial charge is 0.486 e. The molecule has 166 valence electrons. The van der Waals surface area contributed by atoms with Gasteiger partial charge in [0.2, 0.25) is 5.91 Å². The molecule has 0 aliphatic carbocycles. The highest BCUT2D eigenvalue weighted by molar-refractivity contribution is 5.92. The van der Waals surface area contributed by atoms with Gasteiger partial charge >= 0.3 is 13.2 Å². The molecule has 0 aromatic heterocycles. The lowest BCUT2D eigenvalue weighted by Crippen LogP contribution is -2.24. The summed E-state index contributed by atoms with van der Waals surface area (Å²) in [6.07, 6.45) is 2.42. The van der Waals surface area contributed by atoms with E-state index in [-0.39, 0.29) is 17.9 Å². The van der Waals surface area contributed by atoms with Crippen LogP contribution in [-0.4, -0.2) is 44.3 Å². The van der Waals surface area contributed by atoms with Crippen LogP contribution in [0.2, 0.25) is 0 Å². The third-order valence-electron chi connectivity index (χ3n) is 4.23. The molecule has 0 atom stereocenters. The smallest absolute Gasteiger partial charge is 0.387 e. The topological polar surface area (TPSA) is 57.2 Å². The molecule has 1 aliphatic heterocycles. The van der Waals surface area contributed by atoms with Gasteiger partial charge in [0.1, 0.15) is 24.7 Å². The van der Waals surface area contributed by atoms with Gasteiger partial charge in [-0.15, -0.1) is 0 Å². The van der Waals surface area contributed by atoms with Gasteiger partial charge in [0.05, 0.1) is 0 Å². The molecule has 0 bridgehead atoms. The first-order valence-corrected chi connectivity index (χ1v) is 9.17. The van der Waals surface area contributed by atoms with E-state index in [1.165, 1.54) is 23.1 Å². The Kier molecular flexibility index (Phi) is 7.22. The van der Waals surface area contributed by atoms with Gasteiger partial charge < -0.3 is 23.8 Å². The number of amides is 1. The van der Waals surface area contributed by atoms with Crippen LogP contribution >= 0.6 is 0 Å². The van der Waals surface area contributed by atoms with Crippen molar-refractivity contribution in [3.05, 3.63) is 53.6 Å². The Labute approximate surface area is 175 Å². The number of rotatable bonds is 8. The Hall–Kier alpha value is -3.43. The van der Waals surface area contributed by atoms with Crippen LogP contribution in [0.4, 0.5) is 17.6 Å². The first-order valence-electron chi connectivity index (χ1n) is 9.17.